The summed E-state index contributed by atoms with van der Waals surface area (Å²) in [5.41, 5.74) is 2.63. The van der Waals surface area contributed by atoms with E-state index in [0.717, 1.165) is 24.0 Å². The lowest BCUT2D eigenvalue weighted by Crippen LogP contribution is -2.42. The summed E-state index contributed by atoms with van der Waals surface area (Å²) in [6, 6.07) is 0. The van der Waals surface area contributed by atoms with Crippen LogP contribution in [0, 0.1) is 11.8 Å². The molecule has 0 radical (unpaired) electrons. The molecule has 1 fully saturated rings. The summed E-state index contributed by atoms with van der Waals surface area (Å²) < 4.78 is 6.42. The van der Waals surface area contributed by atoms with E-state index in [-0.39, 0.29) is 0 Å². The summed E-state index contributed by atoms with van der Waals surface area (Å²) >= 11 is 0. The van der Waals surface area contributed by atoms with Crippen molar-refractivity contribution in [2.75, 3.05) is 6.61 Å². The molecule has 0 aliphatic heterocycles. The standard InChI is InChI=1S/C21H38OSi/c1-17(2)10-9-11-18(3)20-14-12-19(13-15-20)16-22-23(7,8)21(4,5)6/h9-11,19-20H,1,12-16H2,2-8H3/b10-9+,18-11+. The average molecular weight is 335 g/mol. The van der Waals surface area contributed by atoms with Crippen LogP contribution in [0.15, 0.2) is 36.0 Å². The SMILES string of the molecule is C=C(C)/C=C/C=C(\C)C1CCC(CO[Si](C)(C)C(C)(C)C)CC1. The maximum atomic E-state index is 6.42. The second-order valence-electron chi connectivity index (χ2n) is 8.91. The normalized spacial score (nSPS) is 24.2. The number of hydrogen-bond acceptors (Lipinski definition) is 1. The summed E-state index contributed by atoms with van der Waals surface area (Å²) in [7, 11) is -1.58. The predicted octanol–water partition coefficient (Wildman–Crippen LogP) is 6.89. The van der Waals surface area contributed by atoms with Gasteiger partial charge in [0.05, 0.1) is 0 Å². The highest BCUT2D eigenvalue weighted by Gasteiger charge is 2.37. The molecule has 0 N–H and O–H groups in total. The number of hydrogen-bond donors (Lipinski definition) is 0. The zero-order valence-electron chi connectivity index (χ0n) is 16.5. The Balaban J connectivity index is 2.43. The van der Waals surface area contributed by atoms with Crippen molar-refractivity contribution in [3.63, 3.8) is 0 Å². The van der Waals surface area contributed by atoms with Crippen molar-refractivity contribution in [1.82, 2.24) is 0 Å². The summed E-state index contributed by atoms with van der Waals surface area (Å²) in [5, 5.41) is 0.319. The van der Waals surface area contributed by atoms with Gasteiger partial charge in [-0.15, -0.1) is 0 Å². The molecule has 1 aliphatic rings. The molecule has 1 nitrogen and oxygen atoms in total. The lowest BCUT2D eigenvalue weighted by molar-refractivity contribution is 0.179. The van der Waals surface area contributed by atoms with E-state index in [0.29, 0.717) is 5.04 Å². The molecule has 0 aromatic heterocycles. The van der Waals surface area contributed by atoms with E-state index in [9.17, 15) is 0 Å². The van der Waals surface area contributed by atoms with Gasteiger partial charge in [0.25, 0.3) is 0 Å². The van der Waals surface area contributed by atoms with Crippen LogP contribution in [0.25, 0.3) is 0 Å². The van der Waals surface area contributed by atoms with Gasteiger partial charge in [-0.25, -0.2) is 0 Å². The Hall–Kier alpha value is -0.603. The van der Waals surface area contributed by atoms with Crippen molar-refractivity contribution in [3.05, 3.63) is 36.0 Å². The summed E-state index contributed by atoms with van der Waals surface area (Å²) in [6.45, 7) is 20.9. The molecule has 0 amide bonds. The molecule has 0 unspecified atom stereocenters. The van der Waals surface area contributed by atoms with Gasteiger partial charge >= 0.3 is 0 Å². The van der Waals surface area contributed by atoms with Crippen LogP contribution < -0.4 is 0 Å². The molecule has 0 aromatic carbocycles. The number of allylic oxidation sites excluding steroid dienone is 5. The van der Waals surface area contributed by atoms with Crippen molar-refractivity contribution in [1.29, 1.82) is 0 Å². The Morgan fingerprint density at radius 2 is 1.70 bits per heavy atom. The first-order valence-electron chi connectivity index (χ1n) is 9.17. The number of rotatable bonds is 6. The van der Waals surface area contributed by atoms with E-state index in [1.54, 1.807) is 0 Å². The summed E-state index contributed by atoms with van der Waals surface area (Å²) in [6.07, 6.45) is 11.8. The Morgan fingerprint density at radius 3 is 2.17 bits per heavy atom. The lowest BCUT2D eigenvalue weighted by atomic mass is 9.79. The monoisotopic (exact) mass is 334 g/mol. The average Bonchev–Trinajstić information content (AvgIpc) is 2.44. The molecule has 0 bridgehead atoms. The van der Waals surface area contributed by atoms with Gasteiger partial charge in [0.15, 0.2) is 8.32 Å². The third-order valence-corrected chi connectivity index (χ3v) is 10.2. The smallest absolute Gasteiger partial charge is 0.191 e. The van der Waals surface area contributed by atoms with Crippen LogP contribution in [0.4, 0.5) is 0 Å². The molecule has 1 saturated carbocycles. The minimum atomic E-state index is -1.58. The predicted molar refractivity (Wildman–Crippen MR) is 106 cm³/mol. The largest absolute Gasteiger partial charge is 0.417 e. The van der Waals surface area contributed by atoms with E-state index in [1.807, 2.05) is 6.92 Å². The van der Waals surface area contributed by atoms with E-state index in [2.05, 4.69) is 65.6 Å². The second-order valence-corrected chi connectivity index (χ2v) is 13.7. The fraction of sp³-hybridized carbons (Fsp3) is 0.714. The fourth-order valence-electron chi connectivity index (χ4n) is 2.83. The van der Waals surface area contributed by atoms with Crippen molar-refractivity contribution in [2.45, 2.75) is 78.4 Å². The van der Waals surface area contributed by atoms with Gasteiger partial charge in [-0.2, -0.15) is 0 Å². The molecule has 0 saturated heterocycles. The highest BCUT2D eigenvalue weighted by molar-refractivity contribution is 6.74. The second kappa shape index (κ2) is 8.48. The first kappa shape index (κ1) is 20.4. The van der Waals surface area contributed by atoms with E-state index < -0.39 is 8.32 Å². The Labute approximate surface area is 146 Å². The molecule has 23 heavy (non-hydrogen) atoms. The first-order chi connectivity index (χ1) is 10.5. The van der Waals surface area contributed by atoms with Gasteiger partial charge in [-0.1, -0.05) is 56.7 Å². The van der Waals surface area contributed by atoms with Crippen LogP contribution in [0.3, 0.4) is 0 Å². The topological polar surface area (TPSA) is 9.23 Å². The van der Waals surface area contributed by atoms with Crippen molar-refractivity contribution in [2.24, 2.45) is 11.8 Å². The molecule has 0 heterocycles. The third kappa shape index (κ3) is 6.80. The van der Waals surface area contributed by atoms with Gasteiger partial charge < -0.3 is 4.43 Å². The molecular weight excluding hydrogens is 296 g/mol. The van der Waals surface area contributed by atoms with Crippen LogP contribution in [0.5, 0.6) is 0 Å². The highest BCUT2D eigenvalue weighted by atomic mass is 28.4. The van der Waals surface area contributed by atoms with Crippen LogP contribution in [0.2, 0.25) is 18.1 Å². The van der Waals surface area contributed by atoms with Gasteiger partial charge in [-0.3, -0.25) is 0 Å². The van der Waals surface area contributed by atoms with E-state index in [1.165, 1.54) is 31.3 Å². The van der Waals surface area contributed by atoms with Gasteiger partial charge in [0, 0.05) is 6.61 Å². The third-order valence-electron chi connectivity index (χ3n) is 5.72. The minimum Gasteiger partial charge on any atom is -0.417 e. The molecule has 0 aromatic rings. The maximum absolute atomic E-state index is 6.42. The molecule has 132 valence electrons. The summed E-state index contributed by atoms with van der Waals surface area (Å²) in [5.74, 6) is 1.52. The maximum Gasteiger partial charge on any atom is 0.191 e. The quantitative estimate of drug-likeness (QED) is 0.379. The van der Waals surface area contributed by atoms with Crippen LogP contribution >= 0.6 is 0 Å². The Kier molecular flexibility index (Phi) is 7.54. The minimum absolute atomic E-state index is 0.319. The Morgan fingerprint density at radius 1 is 1.13 bits per heavy atom. The van der Waals surface area contributed by atoms with Crippen molar-refractivity contribution in [3.8, 4) is 0 Å². The molecule has 1 aliphatic carbocycles. The molecule has 0 spiro atoms. The van der Waals surface area contributed by atoms with Gasteiger partial charge in [0.1, 0.15) is 0 Å². The van der Waals surface area contributed by atoms with Crippen LogP contribution in [0.1, 0.15) is 60.3 Å². The fourth-order valence-corrected chi connectivity index (χ4v) is 3.91. The van der Waals surface area contributed by atoms with Gasteiger partial charge in [0.2, 0.25) is 0 Å². The Bertz CT molecular complexity index is 443. The van der Waals surface area contributed by atoms with Crippen molar-refractivity contribution >= 4 is 8.32 Å². The molecular formula is C21H38OSi. The van der Waals surface area contributed by atoms with Crippen LogP contribution in [-0.2, 0) is 4.43 Å². The summed E-state index contributed by atoms with van der Waals surface area (Å²) in [4.78, 5) is 0. The van der Waals surface area contributed by atoms with Gasteiger partial charge in [-0.05, 0) is 69.5 Å². The zero-order chi connectivity index (χ0) is 17.7. The van der Waals surface area contributed by atoms with E-state index in [4.69, 9.17) is 4.43 Å². The van der Waals surface area contributed by atoms with Crippen LogP contribution in [-0.4, -0.2) is 14.9 Å². The van der Waals surface area contributed by atoms with Crippen molar-refractivity contribution < 1.29 is 4.43 Å². The molecule has 1 rings (SSSR count). The lowest BCUT2D eigenvalue weighted by Gasteiger charge is -2.38. The first-order valence-corrected chi connectivity index (χ1v) is 12.1. The highest BCUT2D eigenvalue weighted by Crippen LogP contribution is 2.38. The zero-order valence-corrected chi connectivity index (χ0v) is 17.5. The molecule has 0 atom stereocenters. The van der Waals surface area contributed by atoms with E-state index >= 15 is 0 Å². The molecule has 2 heteroatoms.